The number of amides is 4. The molecule has 3 aliphatic rings. The van der Waals surface area contributed by atoms with Crippen LogP contribution in [0.3, 0.4) is 0 Å². The molecule has 2 saturated heterocycles. The summed E-state index contributed by atoms with van der Waals surface area (Å²) < 4.78 is 13.8. The molecule has 1 saturated carbocycles. The fraction of sp³-hybridized carbons (Fsp3) is 0.550. The smallest absolute Gasteiger partial charge is 0.325 e. The zero-order chi connectivity index (χ0) is 19.7. The summed E-state index contributed by atoms with van der Waals surface area (Å²) in [4.78, 5) is 42.4. The fourth-order valence-electron chi connectivity index (χ4n) is 4.40. The van der Waals surface area contributed by atoms with Gasteiger partial charge in [0.1, 0.15) is 17.9 Å². The Kier molecular flexibility index (Phi) is 5.05. The first-order valence-corrected chi connectivity index (χ1v) is 9.86. The number of carbonyl (C=O) groups is 3. The third-order valence-electron chi connectivity index (χ3n) is 6.07. The van der Waals surface area contributed by atoms with Crippen LogP contribution >= 0.6 is 0 Å². The molecule has 0 unspecified atom stereocenters. The van der Waals surface area contributed by atoms with Crippen LogP contribution in [0.25, 0.3) is 0 Å². The molecule has 1 spiro atoms. The highest BCUT2D eigenvalue weighted by Gasteiger charge is 2.52. The Morgan fingerprint density at radius 1 is 1.07 bits per heavy atom. The van der Waals surface area contributed by atoms with Crippen molar-refractivity contribution in [2.75, 3.05) is 32.7 Å². The average Bonchev–Trinajstić information content (AvgIpc) is 3.25. The van der Waals surface area contributed by atoms with Crippen molar-refractivity contribution in [1.82, 2.24) is 20.0 Å². The summed E-state index contributed by atoms with van der Waals surface area (Å²) in [7, 11) is 0. The lowest BCUT2D eigenvalue weighted by Gasteiger charge is -2.35. The van der Waals surface area contributed by atoms with Gasteiger partial charge in [-0.3, -0.25) is 19.4 Å². The Labute approximate surface area is 163 Å². The summed E-state index contributed by atoms with van der Waals surface area (Å²) in [6.07, 6.45) is 3.13. The van der Waals surface area contributed by atoms with Crippen LogP contribution in [0.4, 0.5) is 9.18 Å². The van der Waals surface area contributed by atoms with Gasteiger partial charge in [0.25, 0.3) is 5.91 Å². The molecule has 3 fully saturated rings. The quantitative estimate of drug-likeness (QED) is 0.790. The van der Waals surface area contributed by atoms with Gasteiger partial charge in [0.15, 0.2) is 0 Å². The first-order chi connectivity index (χ1) is 13.5. The zero-order valence-corrected chi connectivity index (χ0v) is 15.8. The Balaban J connectivity index is 1.30. The van der Waals surface area contributed by atoms with Crippen LogP contribution in [0.5, 0.6) is 0 Å². The molecule has 1 aliphatic carbocycles. The minimum Gasteiger partial charge on any atom is -0.339 e. The first-order valence-electron chi connectivity index (χ1n) is 9.86. The van der Waals surface area contributed by atoms with Gasteiger partial charge in [0, 0.05) is 38.3 Å². The standard InChI is InChI=1S/C20H25FN4O3/c21-16-6-2-1-5-15(16)13-23-9-11-24(12-10-23)17(26)14-25-18(27)20(22-19(25)28)7-3-4-8-20/h1-2,5-6H,3-4,7-14H2,(H,22,28). The molecular formula is C20H25FN4O3. The maximum Gasteiger partial charge on any atom is 0.325 e. The number of hydrogen-bond acceptors (Lipinski definition) is 4. The number of hydrogen-bond donors (Lipinski definition) is 1. The molecule has 2 aliphatic heterocycles. The maximum atomic E-state index is 13.8. The van der Waals surface area contributed by atoms with Gasteiger partial charge in [-0.25, -0.2) is 9.18 Å². The molecule has 4 rings (SSSR count). The monoisotopic (exact) mass is 388 g/mol. The predicted molar refractivity (Wildman–Crippen MR) is 99.7 cm³/mol. The molecule has 8 heteroatoms. The molecule has 0 atom stereocenters. The first kappa shape index (κ1) is 18.9. The van der Waals surface area contributed by atoms with Crippen LogP contribution in [0.1, 0.15) is 31.2 Å². The van der Waals surface area contributed by atoms with Crippen LogP contribution in [0.2, 0.25) is 0 Å². The van der Waals surface area contributed by atoms with Crippen molar-refractivity contribution in [2.45, 2.75) is 37.8 Å². The van der Waals surface area contributed by atoms with Gasteiger partial charge in [-0.15, -0.1) is 0 Å². The molecule has 150 valence electrons. The van der Waals surface area contributed by atoms with Crippen LogP contribution in [-0.4, -0.2) is 70.8 Å². The number of imide groups is 1. The van der Waals surface area contributed by atoms with E-state index < -0.39 is 11.6 Å². The summed E-state index contributed by atoms with van der Waals surface area (Å²) in [5.41, 5.74) is -0.140. The predicted octanol–water partition coefficient (Wildman–Crippen LogP) is 1.33. The van der Waals surface area contributed by atoms with Crippen LogP contribution < -0.4 is 5.32 Å². The molecule has 0 radical (unpaired) electrons. The second-order valence-corrected chi connectivity index (χ2v) is 7.86. The van der Waals surface area contributed by atoms with Crippen molar-refractivity contribution >= 4 is 17.8 Å². The summed E-state index contributed by atoms with van der Waals surface area (Å²) in [5, 5.41) is 2.80. The Morgan fingerprint density at radius 2 is 1.75 bits per heavy atom. The van der Waals surface area contributed by atoms with Crippen molar-refractivity contribution in [2.24, 2.45) is 0 Å². The second-order valence-electron chi connectivity index (χ2n) is 7.86. The van der Waals surface area contributed by atoms with Crippen LogP contribution in [-0.2, 0) is 16.1 Å². The second kappa shape index (κ2) is 7.50. The number of urea groups is 1. The van der Waals surface area contributed by atoms with E-state index >= 15 is 0 Å². The van der Waals surface area contributed by atoms with Gasteiger partial charge in [-0.1, -0.05) is 31.0 Å². The normalized spacial score (nSPS) is 22.2. The number of benzene rings is 1. The van der Waals surface area contributed by atoms with Crippen molar-refractivity contribution in [3.8, 4) is 0 Å². The van der Waals surface area contributed by atoms with Gasteiger partial charge in [0.2, 0.25) is 5.91 Å². The Hall–Kier alpha value is -2.48. The van der Waals surface area contributed by atoms with Gasteiger partial charge in [0.05, 0.1) is 0 Å². The van der Waals surface area contributed by atoms with E-state index in [0.29, 0.717) is 51.1 Å². The van der Waals surface area contributed by atoms with E-state index in [0.717, 1.165) is 17.7 Å². The topological polar surface area (TPSA) is 73.0 Å². The highest BCUT2D eigenvalue weighted by atomic mass is 19.1. The van der Waals surface area contributed by atoms with Gasteiger partial charge in [-0.2, -0.15) is 0 Å². The van der Waals surface area contributed by atoms with E-state index in [9.17, 15) is 18.8 Å². The molecular weight excluding hydrogens is 363 g/mol. The number of halogens is 1. The summed E-state index contributed by atoms with van der Waals surface area (Å²) in [6, 6.07) is 6.24. The van der Waals surface area contributed by atoms with Crippen LogP contribution in [0.15, 0.2) is 24.3 Å². The Morgan fingerprint density at radius 3 is 2.43 bits per heavy atom. The lowest BCUT2D eigenvalue weighted by molar-refractivity contribution is -0.140. The fourth-order valence-corrected chi connectivity index (χ4v) is 4.40. The summed E-state index contributed by atoms with van der Waals surface area (Å²) >= 11 is 0. The molecule has 7 nitrogen and oxygen atoms in total. The summed E-state index contributed by atoms with van der Waals surface area (Å²) in [5.74, 6) is -0.703. The third-order valence-corrected chi connectivity index (χ3v) is 6.07. The molecule has 0 bridgehead atoms. The van der Waals surface area contributed by atoms with Crippen LogP contribution in [0, 0.1) is 5.82 Å². The third kappa shape index (κ3) is 3.48. The highest BCUT2D eigenvalue weighted by molar-refractivity contribution is 6.09. The van der Waals surface area contributed by atoms with E-state index in [1.807, 2.05) is 6.07 Å². The lowest BCUT2D eigenvalue weighted by Crippen LogP contribution is -2.52. The lowest BCUT2D eigenvalue weighted by atomic mass is 9.98. The molecule has 1 aromatic rings. The number of carbonyl (C=O) groups excluding carboxylic acids is 3. The number of piperazine rings is 1. The molecule has 4 amide bonds. The molecule has 1 aromatic carbocycles. The van der Waals surface area contributed by atoms with E-state index in [-0.39, 0.29) is 24.2 Å². The van der Waals surface area contributed by atoms with Gasteiger partial charge in [-0.05, 0) is 18.9 Å². The molecule has 28 heavy (non-hydrogen) atoms. The summed E-state index contributed by atoms with van der Waals surface area (Å²) in [6.45, 7) is 2.56. The van der Waals surface area contributed by atoms with Crippen molar-refractivity contribution < 1.29 is 18.8 Å². The van der Waals surface area contributed by atoms with Crippen molar-refractivity contribution in [3.05, 3.63) is 35.6 Å². The highest BCUT2D eigenvalue weighted by Crippen LogP contribution is 2.35. The number of rotatable bonds is 4. The minimum absolute atomic E-state index is 0.209. The van der Waals surface area contributed by atoms with E-state index in [2.05, 4.69) is 10.2 Å². The average molecular weight is 388 g/mol. The van der Waals surface area contributed by atoms with E-state index in [1.54, 1.807) is 17.0 Å². The SMILES string of the molecule is O=C(CN1C(=O)NC2(CCCC2)C1=O)N1CCN(Cc2ccccc2F)CC1. The number of nitrogens with one attached hydrogen (secondary N) is 1. The maximum absolute atomic E-state index is 13.8. The van der Waals surface area contributed by atoms with Crippen molar-refractivity contribution in [1.29, 1.82) is 0 Å². The van der Waals surface area contributed by atoms with Gasteiger partial charge < -0.3 is 10.2 Å². The zero-order valence-electron chi connectivity index (χ0n) is 15.8. The molecule has 0 aromatic heterocycles. The van der Waals surface area contributed by atoms with Gasteiger partial charge >= 0.3 is 6.03 Å². The molecule has 1 N–H and O–H groups in total. The number of nitrogens with zero attached hydrogens (tertiary/aromatic N) is 3. The Bertz CT molecular complexity index is 785. The minimum atomic E-state index is -0.782. The molecule has 2 heterocycles. The van der Waals surface area contributed by atoms with E-state index in [4.69, 9.17) is 0 Å². The van der Waals surface area contributed by atoms with E-state index in [1.165, 1.54) is 6.07 Å². The largest absolute Gasteiger partial charge is 0.339 e. The van der Waals surface area contributed by atoms with Crippen molar-refractivity contribution in [3.63, 3.8) is 0 Å².